The van der Waals surface area contributed by atoms with Crippen LogP contribution in [0.3, 0.4) is 0 Å². The van der Waals surface area contributed by atoms with Crippen LogP contribution in [-0.2, 0) is 14.8 Å². The molecule has 0 aliphatic carbocycles. The second-order valence-corrected chi connectivity index (χ2v) is 7.06. The fourth-order valence-electron chi connectivity index (χ4n) is 1.62. The molecule has 1 aromatic carbocycles. The van der Waals surface area contributed by atoms with E-state index in [1.165, 1.54) is 11.4 Å². The first-order valence-corrected chi connectivity index (χ1v) is 8.88. The zero-order chi connectivity index (χ0) is 16.9. The number of thiophene rings is 1. The molecule has 0 aliphatic rings. The van der Waals surface area contributed by atoms with E-state index in [2.05, 4.69) is 0 Å². The molecule has 0 bridgehead atoms. The van der Waals surface area contributed by atoms with E-state index >= 15 is 0 Å². The molecule has 0 aliphatic heterocycles. The SMILES string of the molecule is COc1ccc(OCCOC(=O)c2csc(S(N)(=O)=O)c2)cc1. The predicted octanol–water partition coefficient (Wildman–Crippen LogP) is 1.64. The van der Waals surface area contributed by atoms with Gasteiger partial charge in [-0.15, -0.1) is 11.3 Å². The third-order valence-electron chi connectivity index (χ3n) is 2.74. The molecule has 2 rings (SSSR count). The van der Waals surface area contributed by atoms with Crippen LogP contribution in [0.4, 0.5) is 0 Å². The van der Waals surface area contributed by atoms with Gasteiger partial charge in [0.2, 0.25) is 10.0 Å². The average molecular weight is 357 g/mol. The molecule has 1 aromatic heterocycles. The Labute approximate surface area is 137 Å². The number of hydrogen-bond acceptors (Lipinski definition) is 7. The summed E-state index contributed by atoms with van der Waals surface area (Å²) in [5.41, 5.74) is 0.142. The molecule has 0 radical (unpaired) electrons. The van der Waals surface area contributed by atoms with Crippen molar-refractivity contribution in [2.24, 2.45) is 5.14 Å². The Morgan fingerprint density at radius 2 is 1.83 bits per heavy atom. The largest absolute Gasteiger partial charge is 0.497 e. The van der Waals surface area contributed by atoms with Crippen molar-refractivity contribution < 1.29 is 27.4 Å². The average Bonchev–Trinajstić information content (AvgIpc) is 3.02. The van der Waals surface area contributed by atoms with Gasteiger partial charge >= 0.3 is 5.97 Å². The van der Waals surface area contributed by atoms with E-state index in [0.717, 1.165) is 11.3 Å². The summed E-state index contributed by atoms with van der Waals surface area (Å²) in [7, 11) is -2.24. The van der Waals surface area contributed by atoms with E-state index in [1.54, 1.807) is 31.4 Å². The fraction of sp³-hybridized carbons (Fsp3) is 0.214. The van der Waals surface area contributed by atoms with E-state index in [-0.39, 0.29) is 23.0 Å². The Hall–Kier alpha value is -2.10. The number of primary sulfonamides is 1. The molecule has 2 N–H and O–H groups in total. The van der Waals surface area contributed by atoms with Gasteiger partial charge in [0, 0.05) is 5.38 Å². The first-order chi connectivity index (χ1) is 10.9. The van der Waals surface area contributed by atoms with E-state index < -0.39 is 16.0 Å². The van der Waals surface area contributed by atoms with Crippen LogP contribution in [0.2, 0.25) is 0 Å². The summed E-state index contributed by atoms with van der Waals surface area (Å²) >= 11 is 0.867. The van der Waals surface area contributed by atoms with Crippen LogP contribution in [0, 0.1) is 0 Å². The molecule has 9 heteroatoms. The van der Waals surface area contributed by atoms with Crippen molar-refractivity contribution in [2.45, 2.75) is 4.21 Å². The van der Waals surface area contributed by atoms with E-state index in [9.17, 15) is 13.2 Å². The normalized spacial score (nSPS) is 11.0. The Kier molecular flexibility index (Phi) is 5.59. The van der Waals surface area contributed by atoms with Crippen LogP contribution in [0.1, 0.15) is 10.4 Å². The van der Waals surface area contributed by atoms with Gasteiger partial charge in [0.15, 0.2) is 0 Å². The van der Waals surface area contributed by atoms with Gasteiger partial charge in [-0.3, -0.25) is 0 Å². The number of carbonyl (C=O) groups is 1. The number of hydrogen-bond donors (Lipinski definition) is 1. The topological polar surface area (TPSA) is 105 Å². The van der Waals surface area contributed by atoms with Gasteiger partial charge < -0.3 is 14.2 Å². The number of benzene rings is 1. The summed E-state index contributed by atoms with van der Waals surface area (Å²) < 4.78 is 37.6. The summed E-state index contributed by atoms with van der Waals surface area (Å²) in [4.78, 5) is 11.8. The van der Waals surface area contributed by atoms with Crippen LogP contribution in [0.5, 0.6) is 11.5 Å². The highest BCUT2D eigenvalue weighted by Gasteiger charge is 2.16. The molecule has 0 spiro atoms. The van der Waals surface area contributed by atoms with Crippen molar-refractivity contribution in [1.82, 2.24) is 0 Å². The lowest BCUT2D eigenvalue weighted by atomic mass is 10.3. The van der Waals surface area contributed by atoms with Crippen molar-refractivity contribution in [3.05, 3.63) is 41.3 Å². The fourth-order valence-corrected chi connectivity index (χ4v) is 3.20. The van der Waals surface area contributed by atoms with Crippen molar-refractivity contribution in [2.75, 3.05) is 20.3 Å². The minimum Gasteiger partial charge on any atom is -0.497 e. The zero-order valence-electron chi connectivity index (χ0n) is 12.2. The second kappa shape index (κ2) is 7.44. The maximum Gasteiger partial charge on any atom is 0.339 e. The molecule has 124 valence electrons. The van der Waals surface area contributed by atoms with E-state index in [4.69, 9.17) is 19.3 Å². The van der Waals surface area contributed by atoms with Crippen LogP contribution >= 0.6 is 11.3 Å². The highest BCUT2D eigenvalue weighted by Crippen LogP contribution is 2.19. The smallest absolute Gasteiger partial charge is 0.339 e. The number of esters is 1. The van der Waals surface area contributed by atoms with Crippen LogP contribution < -0.4 is 14.6 Å². The lowest BCUT2D eigenvalue weighted by Gasteiger charge is -2.07. The molecule has 2 aromatic rings. The molecular formula is C14H15NO6S2. The van der Waals surface area contributed by atoms with Crippen LogP contribution in [-0.4, -0.2) is 34.7 Å². The molecule has 0 saturated heterocycles. The molecule has 0 fully saturated rings. The van der Waals surface area contributed by atoms with Crippen molar-refractivity contribution >= 4 is 27.3 Å². The minimum absolute atomic E-state index is 0.0332. The van der Waals surface area contributed by atoms with Crippen molar-refractivity contribution in [1.29, 1.82) is 0 Å². The summed E-state index contributed by atoms with van der Waals surface area (Å²) in [5.74, 6) is 0.704. The van der Waals surface area contributed by atoms with Crippen LogP contribution in [0.25, 0.3) is 0 Å². The summed E-state index contributed by atoms with van der Waals surface area (Å²) in [6.45, 7) is 0.204. The standard InChI is InChI=1S/C14H15NO6S2/c1-19-11-2-4-12(5-3-11)20-6-7-21-14(16)10-8-13(22-9-10)23(15,17)18/h2-5,8-9H,6-7H2,1H3,(H2,15,17,18). The van der Waals surface area contributed by atoms with Gasteiger partial charge in [0.25, 0.3) is 0 Å². The number of rotatable bonds is 7. The third kappa shape index (κ3) is 4.95. The predicted molar refractivity (Wildman–Crippen MR) is 84.5 cm³/mol. The Bertz CT molecular complexity index is 767. The third-order valence-corrected chi connectivity index (χ3v) is 5.12. The molecule has 23 heavy (non-hydrogen) atoms. The Balaban J connectivity index is 1.79. The maximum atomic E-state index is 11.8. The molecular weight excluding hydrogens is 342 g/mol. The van der Waals surface area contributed by atoms with Crippen LogP contribution in [0.15, 0.2) is 39.9 Å². The summed E-state index contributed by atoms with van der Waals surface area (Å²) in [6.07, 6.45) is 0. The maximum absolute atomic E-state index is 11.8. The number of sulfonamides is 1. The molecule has 1 heterocycles. The molecule has 0 unspecified atom stereocenters. The monoisotopic (exact) mass is 357 g/mol. The molecule has 0 saturated carbocycles. The zero-order valence-corrected chi connectivity index (χ0v) is 13.9. The summed E-state index contributed by atoms with van der Waals surface area (Å²) in [5, 5.41) is 6.36. The first-order valence-electron chi connectivity index (χ1n) is 6.45. The number of nitrogens with two attached hydrogens (primary N) is 1. The minimum atomic E-state index is -3.81. The van der Waals surface area contributed by atoms with Gasteiger partial charge in [-0.1, -0.05) is 0 Å². The highest BCUT2D eigenvalue weighted by atomic mass is 32.2. The van der Waals surface area contributed by atoms with Gasteiger partial charge in [0.1, 0.15) is 28.9 Å². The van der Waals surface area contributed by atoms with Gasteiger partial charge in [-0.25, -0.2) is 18.4 Å². The number of carbonyl (C=O) groups excluding carboxylic acids is 1. The van der Waals surface area contributed by atoms with Crippen molar-refractivity contribution in [3.8, 4) is 11.5 Å². The quantitative estimate of drug-likeness (QED) is 0.596. The first kappa shape index (κ1) is 17.3. The second-order valence-electron chi connectivity index (χ2n) is 4.36. The Morgan fingerprint density at radius 3 is 2.39 bits per heavy atom. The van der Waals surface area contributed by atoms with E-state index in [1.807, 2.05) is 0 Å². The highest BCUT2D eigenvalue weighted by molar-refractivity contribution is 7.91. The van der Waals surface area contributed by atoms with Gasteiger partial charge in [0.05, 0.1) is 12.7 Å². The molecule has 0 atom stereocenters. The van der Waals surface area contributed by atoms with Gasteiger partial charge in [-0.05, 0) is 30.3 Å². The van der Waals surface area contributed by atoms with Gasteiger partial charge in [-0.2, -0.15) is 0 Å². The lowest BCUT2D eigenvalue weighted by Crippen LogP contribution is -2.12. The lowest BCUT2D eigenvalue weighted by molar-refractivity contribution is 0.0451. The number of methoxy groups -OCH3 is 1. The Morgan fingerprint density at radius 1 is 1.17 bits per heavy atom. The summed E-state index contributed by atoms with van der Waals surface area (Å²) in [6, 6.07) is 8.16. The number of ether oxygens (including phenoxy) is 3. The van der Waals surface area contributed by atoms with Crippen molar-refractivity contribution in [3.63, 3.8) is 0 Å². The molecule has 7 nitrogen and oxygen atoms in total. The molecule has 0 amide bonds. The van der Waals surface area contributed by atoms with E-state index in [0.29, 0.717) is 11.5 Å².